The van der Waals surface area contributed by atoms with Gasteiger partial charge in [-0.05, 0) is 36.2 Å². The van der Waals surface area contributed by atoms with E-state index in [1.165, 1.54) is 12.3 Å². The molecule has 0 saturated carbocycles. The van der Waals surface area contributed by atoms with Crippen molar-refractivity contribution in [1.82, 2.24) is 15.2 Å². The van der Waals surface area contributed by atoms with Gasteiger partial charge in [-0.3, -0.25) is 4.99 Å². The standard InChI is InChI=1S/C21H28F3N5O2/c1-25-20(28-12-11-27-19-16(21(22,23)24)6-5-10-26-19)29(2)13-9-15-7-8-17(30-3)18(14-15)31-4/h5-8,10,14H,9,11-13H2,1-4H3,(H,25,28)(H,26,27). The molecule has 170 valence electrons. The summed E-state index contributed by atoms with van der Waals surface area (Å²) in [4.78, 5) is 9.96. The SMILES string of the molecule is CN=C(NCCNc1ncccc1C(F)(F)F)N(C)CCc1ccc(OC)c(OC)c1. The second-order valence-corrected chi connectivity index (χ2v) is 6.66. The summed E-state index contributed by atoms with van der Waals surface area (Å²) in [7, 11) is 6.73. The van der Waals surface area contributed by atoms with E-state index in [0.29, 0.717) is 30.5 Å². The number of nitrogens with zero attached hydrogens (tertiary/aromatic N) is 3. The maximum absolute atomic E-state index is 13.0. The number of aromatic nitrogens is 1. The predicted octanol–water partition coefficient (Wildman–Crippen LogP) is 3.28. The molecule has 0 unspecified atom stereocenters. The van der Waals surface area contributed by atoms with Crippen molar-refractivity contribution in [2.24, 2.45) is 4.99 Å². The van der Waals surface area contributed by atoms with Crippen molar-refractivity contribution < 1.29 is 22.6 Å². The number of anilines is 1. The molecule has 0 aliphatic carbocycles. The zero-order valence-electron chi connectivity index (χ0n) is 18.1. The van der Waals surface area contributed by atoms with E-state index < -0.39 is 11.7 Å². The summed E-state index contributed by atoms with van der Waals surface area (Å²) < 4.78 is 49.6. The number of ether oxygens (including phenoxy) is 2. The number of aliphatic imine (C=N–C) groups is 1. The number of guanidine groups is 1. The Labute approximate surface area is 180 Å². The van der Waals surface area contributed by atoms with Crippen LogP contribution in [0.5, 0.6) is 11.5 Å². The number of alkyl halides is 3. The Kier molecular flexibility index (Phi) is 8.77. The average molecular weight is 439 g/mol. The molecule has 0 spiro atoms. The van der Waals surface area contributed by atoms with Crippen LogP contribution in [0.2, 0.25) is 0 Å². The third-order valence-electron chi connectivity index (χ3n) is 4.57. The number of benzene rings is 1. The summed E-state index contributed by atoms with van der Waals surface area (Å²) in [6, 6.07) is 8.03. The van der Waals surface area contributed by atoms with Crippen LogP contribution in [0, 0.1) is 0 Å². The minimum absolute atomic E-state index is 0.186. The van der Waals surface area contributed by atoms with Crippen LogP contribution in [0.1, 0.15) is 11.1 Å². The van der Waals surface area contributed by atoms with Gasteiger partial charge in [0.1, 0.15) is 5.82 Å². The molecule has 0 bridgehead atoms. The van der Waals surface area contributed by atoms with Gasteiger partial charge in [-0.15, -0.1) is 0 Å². The molecule has 10 heteroatoms. The molecule has 7 nitrogen and oxygen atoms in total. The zero-order chi connectivity index (χ0) is 22.9. The fraction of sp³-hybridized carbons (Fsp3) is 0.429. The van der Waals surface area contributed by atoms with Crippen molar-refractivity contribution in [2.45, 2.75) is 12.6 Å². The molecule has 31 heavy (non-hydrogen) atoms. The van der Waals surface area contributed by atoms with Crippen LogP contribution in [0.15, 0.2) is 41.5 Å². The quantitative estimate of drug-likeness (QED) is 0.355. The monoisotopic (exact) mass is 439 g/mol. The Balaban J connectivity index is 1.84. The average Bonchev–Trinajstić information content (AvgIpc) is 2.76. The van der Waals surface area contributed by atoms with Gasteiger partial charge in [0.15, 0.2) is 17.5 Å². The number of hydrogen-bond donors (Lipinski definition) is 2. The molecule has 1 aromatic heterocycles. The first-order valence-corrected chi connectivity index (χ1v) is 9.69. The number of halogens is 3. The topological polar surface area (TPSA) is 71.0 Å². The fourth-order valence-electron chi connectivity index (χ4n) is 2.95. The largest absolute Gasteiger partial charge is 0.493 e. The van der Waals surface area contributed by atoms with Gasteiger partial charge in [0.2, 0.25) is 0 Å². The number of hydrogen-bond acceptors (Lipinski definition) is 5. The molecule has 2 aromatic rings. The minimum atomic E-state index is -4.45. The zero-order valence-corrected chi connectivity index (χ0v) is 18.1. The van der Waals surface area contributed by atoms with Gasteiger partial charge in [0.05, 0.1) is 19.8 Å². The lowest BCUT2D eigenvalue weighted by Crippen LogP contribution is -2.41. The molecule has 0 radical (unpaired) electrons. The third-order valence-corrected chi connectivity index (χ3v) is 4.57. The van der Waals surface area contributed by atoms with E-state index in [-0.39, 0.29) is 12.4 Å². The van der Waals surface area contributed by atoms with Gasteiger partial charge in [0, 0.05) is 39.9 Å². The van der Waals surface area contributed by atoms with Crippen LogP contribution >= 0.6 is 0 Å². The van der Waals surface area contributed by atoms with Crippen molar-refractivity contribution in [2.75, 3.05) is 53.3 Å². The van der Waals surface area contributed by atoms with Gasteiger partial charge in [-0.2, -0.15) is 13.2 Å². The Bertz CT molecular complexity index is 874. The van der Waals surface area contributed by atoms with Crippen molar-refractivity contribution in [3.8, 4) is 11.5 Å². The summed E-state index contributed by atoms with van der Waals surface area (Å²) in [5.41, 5.74) is 0.294. The minimum Gasteiger partial charge on any atom is -0.493 e. The number of nitrogens with one attached hydrogen (secondary N) is 2. The van der Waals surface area contributed by atoms with Crippen molar-refractivity contribution in [1.29, 1.82) is 0 Å². The summed E-state index contributed by atoms with van der Waals surface area (Å²) >= 11 is 0. The first-order valence-electron chi connectivity index (χ1n) is 9.69. The summed E-state index contributed by atoms with van der Waals surface area (Å²) in [6.45, 7) is 1.31. The molecule has 1 heterocycles. The molecule has 0 fully saturated rings. The molecule has 0 atom stereocenters. The maximum Gasteiger partial charge on any atom is 0.419 e. The second-order valence-electron chi connectivity index (χ2n) is 6.66. The molecule has 0 aliphatic rings. The van der Waals surface area contributed by atoms with Gasteiger partial charge >= 0.3 is 6.18 Å². The maximum atomic E-state index is 13.0. The summed E-state index contributed by atoms with van der Waals surface area (Å²) in [5, 5.41) is 5.86. The van der Waals surface area contributed by atoms with E-state index in [2.05, 4.69) is 20.6 Å². The Morgan fingerprint density at radius 2 is 1.87 bits per heavy atom. The first kappa shape index (κ1) is 24.1. The van der Waals surface area contributed by atoms with Gasteiger partial charge in [-0.25, -0.2) is 4.98 Å². The highest BCUT2D eigenvalue weighted by Crippen LogP contribution is 2.33. The lowest BCUT2D eigenvalue weighted by Gasteiger charge is -2.22. The van der Waals surface area contributed by atoms with E-state index in [1.54, 1.807) is 21.3 Å². The molecule has 2 rings (SSSR count). The van der Waals surface area contributed by atoms with Crippen LogP contribution in [0.4, 0.5) is 19.0 Å². The second kappa shape index (κ2) is 11.3. The molecule has 0 saturated heterocycles. The van der Waals surface area contributed by atoms with Gasteiger partial charge in [-0.1, -0.05) is 6.07 Å². The third kappa shape index (κ3) is 6.94. The lowest BCUT2D eigenvalue weighted by atomic mass is 10.1. The van der Waals surface area contributed by atoms with Crippen LogP contribution in [-0.4, -0.2) is 63.8 Å². The molecular formula is C21H28F3N5O2. The summed E-state index contributed by atoms with van der Waals surface area (Å²) in [6.07, 6.45) is -2.38. The summed E-state index contributed by atoms with van der Waals surface area (Å²) in [5.74, 6) is 1.79. The van der Waals surface area contributed by atoms with E-state index in [1.807, 2.05) is 30.1 Å². The van der Waals surface area contributed by atoms with Gasteiger partial charge in [0.25, 0.3) is 0 Å². The number of pyridine rings is 1. The molecular weight excluding hydrogens is 411 g/mol. The fourth-order valence-corrected chi connectivity index (χ4v) is 2.95. The molecule has 1 aromatic carbocycles. The van der Waals surface area contributed by atoms with Crippen LogP contribution < -0.4 is 20.1 Å². The first-order chi connectivity index (χ1) is 14.8. The van der Waals surface area contributed by atoms with Crippen LogP contribution in [0.25, 0.3) is 0 Å². The normalized spacial score (nSPS) is 11.8. The van der Waals surface area contributed by atoms with E-state index >= 15 is 0 Å². The molecule has 2 N–H and O–H groups in total. The molecule has 0 amide bonds. The smallest absolute Gasteiger partial charge is 0.419 e. The van der Waals surface area contributed by atoms with E-state index in [0.717, 1.165) is 18.1 Å². The Hall–Kier alpha value is -3.17. The van der Waals surface area contributed by atoms with Gasteiger partial charge < -0.3 is 25.0 Å². The van der Waals surface area contributed by atoms with Crippen LogP contribution in [-0.2, 0) is 12.6 Å². The van der Waals surface area contributed by atoms with Crippen molar-refractivity contribution in [3.63, 3.8) is 0 Å². The predicted molar refractivity (Wildman–Crippen MR) is 115 cm³/mol. The Morgan fingerprint density at radius 1 is 1.13 bits per heavy atom. The number of methoxy groups -OCH3 is 2. The van der Waals surface area contributed by atoms with E-state index in [9.17, 15) is 13.2 Å². The van der Waals surface area contributed by atoms with Crippen molar-refractivity contribution >= 4 is 11.8 Å². The lowest BCUT2D eigenvalue weighted by molar-refractivity contribution is -0.137. The Morgan fingerprint density at radius 3 is 2.52 bits per heavy atom. The highest BCUT2D eigenvalue weighted by atomic mass is 19.4. The number of likely N-dealkylation sites (N-methyl/N-ethyl adjacent to an activating group) is 1. The molecule has 0 aliphatic heterocycles. The van der Waals surface area contributed by atoms with E-state index in [4.69, 9.17) is 9.47 Å². The van der Waals surface area contributed by atoms with Crippen LogP contribution in [0.3, 0.4) is 0 Å². The van der Waals surface area contributed by atoms with Crippen molar-refractivity contribution in [3.05, 3.63) is 47.7 Å². The highest BCUT2D eigenvalue weighted by molar-refractivity contribution is 5.79. The highest BCUT2D eigenvalue weighted by Gasteiger charge is 2.33. The number of rotatable bonds is 9.